The second-order valence-electron chi connectivity index (χ2n) is 6.02. The molecule has 1 aromatic rings. The molecule has 2 aliphatic heterocycles. The number of benzene rings is 1. The molecule has 2 heterocycles. The number of para-hydroxylation sites is 1. The van der Waals surface area contributed by atoms with E-state index in [-0.39, 0.29) is 5.91 Å². The van der Waals surface area contributed by atoms with E-state index in [0.29, 0.717) is 12.2 Å². The lowest BCUT2D eigenvalue weighted by atomic mass is 10.1. The first-order chi connectivity index (χ1) is 10.3. The molecule has 2 fully saturated rings. The van der Waals surface area contributed by atoms with Crippen LogP contribution in [0.5, 0.6) is 5.75 Å². The summed E-state index contributed by atoms with van der Waals surface area (Å²) in [6.07, 6.45) is 2.67. The normalized spacial score (nSPS) is 22.2. The summed E-state index contributed by atoms with van der Waals surface area (Å²) in [6, 6.07) is 6.56. The van der Waals surface area contributed by atoms with Gasteiger partial charge in [0.15, 0.2) is 5.75 Å². The Balaban J connectivity index is 1.50. The molecule has 4 rings (SSSR count). The molecule has 5 heteroatoms. The summed E-state index contributed by atoms with van der Waals surface area (Å²) < 4.78 is 5.72. The molecule has 0 bridgehead atoms. The maximum absolute atomic E-state index is 12.8. The minimum absolute atomic E-state index is 0.103. The number of carbonyl (C=O) groups is 1. The van der Waals surface area contributed by atoms with Crippen molar-refractivity contribution in [2.75, 3.05) is 44.6 Å². The van der Waals surface area contributed by atoms with Gasteiger partial charge >= 0.3 is 0 Å². The molecule has 0 aromatic heterocycles. The predicted molar refractivity (Wildman–Crippen MR) is 80.9 cm³/mol. The molecule has 1 aliphatic carbocycles. The molecule has 1 saturated carbocycles. The van der Waals surface area contributed by atoms with Crippen LogP contribution in [0.25, 0.3) is 0 Å². The van der Waals surface area contributed by atoms with Gasteiger partial charge in [-0.25, -0.2) is 0 Å². The topological polar surface area (TPSA) is 44.8 Å². The maximum atomic E-state index is 12.8. The SMILES string of the molecule is O=C(c1cccc2c1OCCN2)N1CCN(C2CC2)CC1. The van der Waals surface area contributed by atoms with Crippen LogP contribution in [0.4, 0.5) is 5.69 Å². The Labute approximate surface area is 124 Å². The quantitative estimate of drug-likeness (QED) is 0.893. The molecule has 0 atom stereocenters. The molecular weight excluding hydrogens is 266 g/mol. The highest BCUT2D eigenvalue weighted by atomic mass is 16.5. The fraction of sp³-hybridized carbons (Fsp3) is 0.562. The highest BCUT2D eigenvalue weighted by Gasteiger charge is 2.33. The summed E-state index contributed by atoms with van der Waals surface area (Å²) in [5.74, 6) is 0.823. The second-order valence-corrected chi connectivity index (χ2v) is 6.02. The summed E-state index contributed by atoms with van der Waals surface area (Å²) in [5.41, 5.74) is 1.63. The van der Waals surface area contributed by atoms with E-state index in [1.165, 1.54) is 12.8 Å². The number of nitrogens with one attached hydrogen (secondary N) is 1. The van der Waals surface area contributed by atoms with Gasteiger partial charge in [-0.3, -0.25) is 9.69 Å². The van der Waals surface area contributed by atoms with Gasteiger partial charge in [0.05, 0.1) is 11.3 Å². The van der Waals surface area contributed by atoms with Crippen LogP contribution < -0.4 is 10.1 Å². The van der Waals surface area contributed by atoms with E-state index >= 15 is 0 Å². The average Bonchev–Trinajstić information content (AvgIpc) is 3.39. The van der Waals surface area contributed by atoms with Gasteiger partial charge in [0.25, 0.3) is 5.91 Å². The van der Waals surface area contributed by atoms with E-state index in [1.54, 1.807) is 0 Å². The molecular formula is C16H21N3O2. The molecule has 21 heavy (non-hydrogen) atoms. The fourth-order valence-electron chi connectivity index (χ4n) is 3.24. The monoisotopic (exact) mass is 287 g/mol. The smallest absolute Gasteiger partial charge is 0.257 e. The van der Waals surface area contributed by atoms with Crippen LogP contribution in [0.3, 0.4) is 0 Å². The third-order valence-electron chi connectivity index (χ3n) is 4.57. The standard InChI is InChI=1S/C16H21N3O2/c20-16(19-9-7-18(8-10-19)12-4-5-12)13-2-1-3-14-15(13)21-11-6-17-14/h1-3,12,17H,4-11H2. The summed E-state index contributed by atoms with van der Waals surface area (Å²) in [6.45, 7) is 5.07. The molecule has 1 amide bonds. The van der Waals surface area contributed by atoms with Crippen molar-refractivity contribution in [3.05, 3.63) is 23.8 Å². The number of amides is 1. The van der Waals surface area contributed by atoms with Gasteiger partial charge in [-0.1, -0.05) is 6.07 Å². The van der Waals surface area contributed by atoms with Crippen LogP contribution in [-0.2, 0) is 0 Å². The van der Waals surface area contributed by atoms with Crippen molar-refractivity contribution in [1.29, 1.82) is 0 Å². The zero-order valence-electron chi connectivity index (χ0n) is 12.2. The summed E-state index contributed by atoms with van der Waals surface area (Å²) >= 11 is 0. The Hall–Kier alpha value is -1.75. The Morgan fingerprint density at radius 2 is 2.00 bits per heavy atom. The minimum Gasteiger partial charge on any atom is -0.489 e. The Morgan fingerprint density at radius 3 is 2.76 bits per heavy atom. The number of nitrogens with zero attached hydrogens (tertiary/aromatic N) is 2. The largest absolute Gasteiger partial charge is 0.489 e. The third-order valence-corrected chi connectivity index (χ3v) is 4.57. The predicted octanol–water partition coefficient (Wildman–Crippen LogP) is 1.41. The number of piperazine rings is 1. The van der Waals surface area contributed by atoms with Gasteiger partial charge in [0, 0.05) is 38.8 Å². The van der Waals surface area contributed by atoms with Crippen molar-refractivity contribution in [3.63, 3.8) is 0 Å². The molecule has 112 valence electrons. The first-order valence-electron chi connectivity index (χ1n) is 7.86. The zero-order valence-corrected chi connectivity index (χ0v) is 12.2. The first-order valence-corrected chi connectivity index (χ1v) is 7.86. The Morgan fingerprint density at radius 1 is 1.19 bits per heavy atom. The summed E-state index contributed by atoms with van der Waals surface area (Å²) in [7, 11) is 0. The highest BCUT2D eigenvalue weighted by Crippen LogP contribution is 2.33. The summed E-state index contributed by atoms with van der Waals surface area (Å²) in [5, 5.41) is 3.29. The molecule has 3 aliphatic rings. The van der Waals surface area contributed by atoms with Gasteiger partial charge in [0.1, 0.15) is 6.61 Å². The number of hydrogen-bond acceptors (Lipinski definition) is 4. The molecule has 0 radical (unpaired) electrons. The number of ether oxygens (including phenoxy) is 1. The van der Waals surface area contributed by atoms with E-state index in [1.807, 2.05) is 23.1 Å². The molecule has 0 spiro atoms. The van der Waals surface area contributed by atoms with E-state index in [4.69, 9.17) is 4.74 Å². The van der Waals surface area contributed by atoms with E-state index < -0.39 is 0 Å². The van der Waals surface area contributed by atoms with Crippen LogP contribution in [0, 0.1) is 0 Å². The molecule has 1 aromatic carbocycles. The van der Waals surface area contributed by atoms with Crippen LogP contribution in [0.1, 0.15) is 23.2 Å². The van der Waals surface area contributed by atoms with Crippen LogP contribution >= 0.6 is 0 Å². The Kier molecular flexibility index (Phi) is 3.22. The highest BCUT2D eigenvalue weighted by molar-refractivity contribution is 5.99. The fourth-order valence-corrected chi connectivity index (χ4v) is 3.24. The molecule has 0 unspecified atom stereocenters. The van der Waals surface area contributed by atoms with Crippen molar-refractivity contribution in [3.8, 4) is 5.75 Å². The van der Waals surface area contributed by atoms with E-state index in [0.717, 1.165) is 50.2 Å². The number of rotatable bonds is 2. The van der Waals surface area contributed by atoms with Crippen molar-refractivity contribution in [2.24, 2.45) is 0 Å². The van der Waals surface area contributed by atoms with Gasteiger partial charge in [-0.2, -0.15) is 0 Å². The minimum atomic E-state index is 0.103. The number of anilines is 1. The maximum Gasteiger partial charge on any atom is 0.257 e. The lowest BCUT2D eigenvalue weighted by molar-refractivity contribution is 0.0623. The van der Waals surface area contributed by atoms with Gasteiger partial charge < -0.3 is 15.0 Å². The summed E-state index contributed by atoms with van der Waals surface area (Å²) in [4.78, 5) is 17.2. The van der Waals surface area contributed by atoms with E-state index in [2.05, 4.69) is 10.2 Å². The van der Waals surface area contributed by atoms with Crippen LogP contribution in [0.15, 0.2) is 18.2 Å². The number of hydrogen-bond donors (Lipinski definition) is 1. The molecule has 1 saturated heterocycles. The van der Waals surface area contributed by atoms with Gasteiger partial charge in [-0.05, 0) is 25.0 Å². The second kappa shape index (κ2) is 5.22. The van der Waals surface area contributed by atoms with E-state index in [9.17, 15) is 4.79 Å². The van der Waals surface area contributed by atoms with Crippen molar-refractivity contribution < 1.29 is 9.53 Å². The lowest BCUT2D eigenvalue weighted by Gasteiger charge is -2.35. The van der Waals surface area contributed by atoms with Gasteiger partial charge in [-0.15, -0.1) is 0 Å². The van der Waals surface area contributed by atoms with Crippen LogP contribution in [-0.4, -0.2) is 61.1 Å². The number of fused-ring (bicyclic) bond motifs is 1. The molecule has 5 nitrogen and oxygen atoms in total. The average molecular weight is 287 g/mol. The van der Waals surface area contributed by atoms with Crippen molar-refractivity contribution >= 4 is 11.6 Å². The molecule has 1 N–H and O–H groups in total. The Bertz CT molecular complexity index is 548. The first kappa shape index (κ1) is 13.0. The number of carbonyl (C=O) groups excluding carboxylic acids is 1. The van der Waals surface area contributed by atoms with Crippen molar-refractivity contribution in [1.82, 2.24) is 9.80 Å². The van der Waals surface area contributed by atoms with Crippen LogP contribution in [0.2, 0.25) is 0 Å². The zero-order chi connectivity index (χ0) is 14.2. The lowest BCUT2D eigenvalue weighted by Crippen LogP contribution is -2.49. The third kappa shape index (κ3) is 2.46. The van der Waals surface area contributed by atoms with Gasteiger partial charge in [0.2, 0.25) is 0 Å². The van der Waals surface area contributed by atoms with Crippen molar-refractivity contribution in [2.45, 2.75) is 18.9 Å².